The van der Waals surface area contributed by atoms with Gasteiger partial charge >= 0.3 is 0 Å². The molecule has 15 heavy (non-hydrogen) atoms. The molecule has 0 aromatic heterocycles. The molecule has 1 rings (SSSR count). The van der Waals surface area contributed by atoms with Crippen LogP contribution in [0.2, 0.25) is 0 Å². The summed E-state index contributed by atoms with van der Waals surface area (Å²) in [7, 11) is 0. The molecular formula is C13H26N2. The van der Waals surface area contributed by atoms with Gasteiger partial charge in [-0.25, -0.2) is 0 Å². The zero-order chi connectivity index (χ0) is 11.3. The maximum atomic E-state index is 3.82. The molecular weight excluding hydrogens is 184 g/mol. The summed E-state index contributed by atoms with van der Waals surface area (Å²) < 4.78 is 0. The quantitative estimate of drug-likeness (QED) is 0.700. The van der Waals surface area contributed by atoms with Crippen molar-refractivity contribution >= 4 is 0 Å². The van der Waals surface area contributed by atoms with E-state index >= 15 is 0 Å². The highest BCUT2D eigenvalue weighted by Gasteiger charge is 2.22. The van der Waals surface area contributed by atoms with Crippen LogP contribution in [0, 0.1) is 5.92 Å². The lowest BCUT2D eigenvalue weighted by Gasteiger charge is -2.38. The average molecular weight is 210 g/mol. The Morgan fingerprint density at radius 1 is 1.47 bits per heavy atom. The van der Waals surface area contributed by atoms with Crippen molar-refractivity contribution in [2.75, 3.05) is 19.6 Å². The molecule has 0 bridgehead atoms. The van der Waals surface area contributed by atoms with Gasteiger partial charge in [0.05, 0.1) is 0 Å². The number of hydrogen-bond acceptors (Lipinski definition) is 2. The summed E-state index contributed by atoms with van der Waals surface area (Å²) >= 11 is 0. The van der Waals surface area contributed by atoms with E-state index in [0.717, 1.165) is 18.9 Å². The Labute approximate surface area is 94.7 Å². The highest BCUT2D eigenvalue weighted by atomic mass is 15.2. The van der Waals surface area contributed by atoms with Crippen LogP contribution in [-0.2, 0) is 0 Å². The highest BCUT2D eigenvalue weighted by molar-refractivity contribution is 4.85. The minimum Gasteiger partial charge on any atom is -0.311 e. The van der Waals surface area contributed by atoms with Gasteiger partial charge in [0, 0.05) is 31.7 Å². The maximum absolute atomic E-state index is 3.82. The third-order valence-corrected chi connectivity index (χ3v) is 3.17. The number of nitrogens with zero attached hydrogens (tertiary/aromatic N) is 1. The zero-order valence-corrected chi connectivity index (χ0v) is 10.5. The smallest absolute Gasteiger partial charge is 0.0198 e. The Bertz CT molecular complexity index is 189. The van der Waals surface area contributed by atoms with Crippen molar-refractivity contribution in [3.63, 3.8) is 0 Å². The molecule has 0 aromatic rings. The topological polar surface area (TPSA) is 15.3 Å². The van der Waals surface area contributed by atoms with Crippen LogP contribution in [0.5, 0.6) is 0 Å². The lowest BCUT2D eigenvalue weighted by Crippen LogP contribution is -2.53. The van der Waals surface area contributed by atoms with Crippen LogP contribution in [0.15, 0.2) is 12.7 Å². The van der Waals surface area contributed by atoms with Crippen LogP contribution >= 0.6 is 0 Å². The van der Waals surface area contributed by atoms with Crippen LogP contribution in [0.4, 0.5) is 0 Å². The molecule has 1 aliphatic rings. The van der Waals surface area contributed by atoms with E-state index in [1.54, 1.807) is 0 Å². The van der Waals surface area contributed by atoms with Crippen molar-refractivity contribution in [1.29, 1.82) is 0 Å². The third kappa shape index (κ3) is 4.35. The Morgan fingerprint density at radius 3 is 2.80 bits per heavy atom. The Hall–Kier alpha value is -0.340. The summed E-state index contributed by atoms with van der Waals surface area (Å²) in [4.78, 5) is 2.59. The standard InChI is InChI=1S/C13H26N2/c1-5-6-12(4)15-8-7-14-13(10-15)9-11(2)3/h5,11-14H,1,6-10H2,2-4H3. The Balaban J connectivity index is 2.37. The first-order valence-corrected chi connectivity index (χ1v) is 6.21. The number of nitrogens with one attached hydrogen (secondary N) is 1. The van der Waals surface area contributed by atoms with Gasteiger partial charge in [-0.1, -0.05) is 19.9 Å². The van der Waals surface area contributed by atoms with Crippen molar-refractivity contribution < 1.29 is 0 Å². The van der Waals surface area contributed by atoms with Crippen molar-refractivity contribution in [1.82, 2.24) is 10.2 Å². The van der Waals surface area contributed by atoms with Crippen LogP contribution in [0.1, 0.15) is 33.6 Å². The van der Waals surface area contributed by atoms with E-state index in [1.165, 1.54) is 19.5 Å². The van der Waals surface area contributed by atoms with Gasteiger partial charge < -0.3 is 5.32 Å². The van der Waals surface area contributed by atoms with Gasteiger partial charge in [0.1, 0.15) is 0 Å². The molecule has 0 amide bonds. The van der Waals surface area contributed by atoms with Gasteiger partial charge in [0.25, 0.3) is 0 Å². The Kier molecular flexibility index (Phi) is 5.34. The molecule has 2 heteroatoms. The molecule has 0 aromatic carbocycles. The lowest BCUT2D eigenvalue weighted by molar-refractivity contribution is 0.144. The predicted molar refractivity (Wildman–Crippen MR) is 67.1 cm³/mol. The van der Waals surface area contributed by atoms with E-state index in [9.17, 15) is 0 Å². The van der Waals surface area contributed by atoms with Crippen molar-refractivity contribution in [3.05, 3.63) is 12.7 Å². The lowest BCUT2D eigenvalue weighted by atomic mass is 10.0. The van der Waals surface area contributed by atoms with E-state index in [1.807, 2.05) is 6.08 Å². The molecule has 1 N–H and O–H groups in total. The summed E-state index contributed by atoms with van der Waals surface area (Å²) in [6.45, 7) is 14.2. The molecule has 0 spiro atoms. The third-order valence-electron chi connectivity index (χ3n) is 3.17. The normalized spacial score (nSPS) is 25.5. The predicted octanol–water partition coefficient (Wildman–Crippen LogP) is 2.27. The molecule has 1 saturated heterocycles. The molecule has 1 fully saturated rings. The zero-order valence-electron chi connectivity index (χ0n) is 10.5. The number of hydrogen-bond donors (Lipinski definition) is 1. The summed E-state index contributed by atoms with van der Waals surface area (Å²) in [5.41, 5.74) is 0. The second-order valence-electron chi connectivity index (χ2n) is 5.15. The van der Waals surface area contributed by atoms with Crippen LogP contribution in [0.3, 0.4) is 0 Å². The summed E-state index contributed by atoms with van der Waals surface area (Å²) in [6.07, 6.45) is 4.43. The van der Waals surface area contributed by atoms with E-state index in [0.29, 0.717) is 12.1 Å². The minimum absolute atomic E-state index is 0.652. The van der Waals surface area contributed by atoms with Gasteiger partial charge in [0.2, 0.25) is 0 Å². The molecule has 1 aliphatic heterocycles. The largest absolute Gasteiger partial charge is 0.311 e. The van der Waals surface area contributed by atoms with E-state index in [4.69, 9.17) is 0 Å². The molecule has 2 atom stereocenters. The molecule has 0 radical (unpaired) electrons. The first-order chi connectivity index (χ1) is 7.13. The van der Waals surface area contributed by atoms with Crippen LogP contribution in [-0.4, -0.2) is 36.6 Å². The van der Waals surface area contributed by atoms with E-state index < -0.39 is 0 Å². The summed E-state index contributed by atoms with van der Waals surface area (Å²) in [5, 5.41) is 3.61. The Morgan fingerprint density at radius 2 is 2.20 bits per heavy atom. The van der Waals surface area contributed by atoms with Crippen LogP contribution < -0.4 is 5.32 Å². The molecule has 1 heterocycles. The minimum atomic E-state index is 0.652. The highest BCUT2D eigenvalue weighted by Crippen LogP contribution is 2.13. The van der Waals surface area contributed by atoms with Gasteiger partial charge in [-0.2, -0.15) is 0 Å². The van der Waals surface area contributed by atoms with Crippen molar-refractivity contribution in [2.45, 2.75) is 45.7 Å². The SMILES string of the molecule is C=CCC(C)N1CCNC(CC(C)C)C1. The van der Waals surface area contributed by atoms with Crippen LogP contribution in [0.25, 0.3) is 0 Å². The summed E-state index contributed by atoms with van der Waals surface area (Å²) in [6, 6.07) is 1.34. The number of piperazine rings is 1. The van der Waals surface area contributed by atoms with E-state index in [2.05, 4.69) is 37.6 Å². The van der Waals surface area contributed by atoms with Gasteiger partial charge in [-0.05, 0) is 25.7 Å². The molecule has 0 saturated carbocycles. The summed E-state index contributed by atoms with van der Waals surface area (Å²) in [5.74, 6) is 0.789. The first kappa shape index (κ1) is 12.7. The molecule has 88 valence electrons. The van der Waals surface area contributed by atoms with Crippen molar-refractivity contribution in [3.8, 4) is 0 Å². The maximum Gasteiger partial charge on any atom is 0.0198 e. The van der Waals surface area contributed by atoms with E-state index in [-0.39, 0.29) is 0 Å². The fourth-order valence-electron chi connectivity index (χ4n) is 2.37. The van der Waals surface area contributed by atoms with Gasteiger partial charge in [-0.3, -0.25) is 4.90 Å². The average Bonchev–Trinajstić information content (AvgIpc) is 2.17. The number of rotatable bonds is 5. The fourth-order valence-corrected chi connectivity index (χ4v) is 2.37. The second kappa shape index (κ2) is 6.29. The fraction of sp³-hybridized carbons (Fsp3) is 0.846. The second-order valence-corrected chi connectivity index (χ2v) is 5.15. The molecule has 2 nitrogen and oxygen atoms in total. The molecule has 2 unspecified atom stereocenters. The van der Waals surface area contributed by atoms with Gasteiger partial charge in [0.15, 0.2) is 0 Å². The van der Waals surface area contributed by atoms with Gasteiger partial charge in [-0.15, -0.1) is 6.58 Å². The van der Waals surface area contributed by atoms with Crippen molar-refractivity contribution in [2.24, 2.45) is 5.92 Å². The monoisotopic (exact) mass is 210 g/mol. The first-order valence-electron chi connectivity index (χ1n) is 6.21. The molecule has 0 aliphatic carbocycles.